The summed E-state index contributed by atoms with van der Waals surface area (Å²) in [6.45, 7) is 1.92. The maximum Gasteiger partial charge on any atom is 0.321 e. The van der Waals surface area contributed by atoms with E-state index in [1.807, 2.05) is 0 Å². The van der Waals surface area contributed by atoms with Gasteiger partial charge in [0.15, 0.2) is 11.5 Å². The zero-order valence-corrected chi connectivity index (χ0v) is 13.8. The number of rotatable bonds is 2. The van der Waals surface area contributed by atoms with Crippen molar-refractivity contribution in [2.75, 3.05) is 31.6 Å². The zero-order chi connectivity index (χ0) is 17.1. The Bertz CT molecular complexity index is 644. The maximum atomic E-state index is 12.4. The highest BCUT2D eigenvalue weighted by atomic mass is 35.5. The number of fused-ring (bicyclic) bond motifs is 1. The van der Waals surface area contributed by atoms with Crippen molar-refractivity contribution in [1.82, 2.24) is 4.90 Å². The largest absolute Gasteiger partial charge is 0.490 e. The maximum absolute atomic E-state index is 12.4. The fourth-order valence-corrected chi connectivity index (χ4v) is 3.00. The lowest BCUT2D eigenvalue weighted by Gasteiger charge is -2.30. The van der Waals surface area contributed by atoms with Crippen LogP contribution >= 0.6 is 11.6 Å². The van der Waals surface area contributed by atoms with E-state index in [2.05, 4.69) is 5.32 Å². The van der Waals surface area contributed by atoms with Crippen LogP contribution in [0.15, 0.2) is 12.1 Å². The van der Waals surface area contributed by atoms with Gasteiger partial charge in [-0.15, -0.1) is 0 Å². The van der Waals surface area contributed by atoms with E-state index >= 15 is 0 Å². The van der Waals surface area contributed by atoms with Gasteiger partial charge < -0.3 is 24.8 Å². The molecule has 0 aromatic heterocycles. The summed E-state index contributed by atoms with van der Waals surface area (Å²) in [5, 5.41) is 12.1. The zero-order valence-electron chi connectivity index (χ0n) is 13.1. The highest BCUT2D eigenvalue weighted by molar-refractivity contribution is 6.34. The number of halogens is 1. The van der Waals surface area contributed by atoms with Gasteiger partial charge >= 0.3 is 12.0 Å². The Morgan fingerprint density at radius 2 is 1.79 bits per heavy atom. The Morgan fingerprint density at radius 3 is 2.42 bits per heavy atom. The van der Waals surface area contributed by atoms with E-state index in [4.69, 9.17) is 26.2 Å². The summed E-state index contributed by atoms with van der Waals surface area (Å²) in [4.78, 5) is 24.9. The molecule has 1 fully saturated rings. The molecule has 0 radical (unpaired) electrons. The number of carboxylic acids is 1. The van der Waals surface area contributed by atoms with E-state index in [9.17, 15) is 9.59 Å². The van der Waals surface area contributed by atoms with Gasteiger partial charge in [-0.2, -0.15) is 0 Å². The molecule has 2 aliphatic heterocycles. The van der Waals surface area contributed by atoms with Crippen LogP contribution < -0.4 is 14.8 Å². The second kappa shape index (κ2) is 7.17. The van der Waals surface area contributed by atoms with E-state index in [1.165, 1.54) is 0 Å². The first-order valence-corrected chi connectivity index (χ1v) is 8.30. The van der Waals surface area contributed by atoms with Crippen LogP contribution in [0.1, 0.15) is 19.3 Å². The minimum Gasteiger partial charge on any atom is -0.490 e. The molecule has 130 valence electrons. The Balaban J connectivity index is 1.66. The topological polar surface area (TPSA) is 88.1 Å². The monoisotopic (exact) mass is 354 g/mol. The van der Waals surface area contributed by atoms with Crippen LogP contribution in [0.5, 0.6) is 11.5 Å². The number of anilines is 1. The standard InChI is InChI=1S/C16H19ClN2O5/c17-11-8-13-14(24-7-1-6-23-13)9-12(11)18-16(22)19-4-2-10(3-5-19)15(20)21/h8-10H,1-7H2,(H,18,22)(H,20,21). The average Bonchev–Trinajstić information content (AvgIpc) is 2.80. The second-order valence-electron chi connectivity index (χ2n) is 5.86. The molecule has 1 aromatic carbocycles. The van der Waals surface area contributed by atoms with E-state index in [1.54, 1.807) is 17.0 Å². The normalized spacial score (nSPS) is 18.0. The first kappa shape index (κ1) is 16.7. The average molecular weight is 355 g/mol. The van der Waals surface area contributed by atoms with Gasteiger partial charge in [0.25, 0.3) is 0 Å². The molecular formula is C16H19ClN2O5. The van der Waals surface area contributed by atoms with Crippen LogP contribution in [0.3, 0.4) is 0 Å². The van der Waals surface area contributed by atoms with Gasteiger partial charge in [-0.25, -0.2) is 4.79 Å². The minimum absolute atomic E-state index is 0.296. The number of carbonyl (C=O) groups excluding carboxylic acids is 1. The first-order valence-electron chi connectivity index (χ1n) is 7.92. The van der Waals surface area contributed by atoms with Crippen LogP contribution in [0.2, 0.25) is 5.02 Å². The van der Waals surface area contributed by atoms with Crippen molar-refractivity contribution in [2.24, 2.45) is 5.92 Å². The molecule has 7 nitrogen and oxygen atoms in total. The number of ether oxygens (including phenoxy) is 2. The summed E-state index contributed by atoms with van der Waals surface area (Å²) in [5.41, 5.74) is 0.450. The molecule has 0 aliphatic carbocycles. The molecule has 2 N–H and O–H groups in total. The van der Waals surface area contributed by atoms with Crippen molar-refractivity contribution in [3.05, 3.63) is 17.2 Å². The third-order valence-corrected chi connectivity index (χ3v) is 4.52. The van der Waals surface area contributed by atoms with Gasteiger partial charge in [-0.1, -0.05) is 11.6 Å². The number of likely N-dealkylation sites (tertiary alicyclic amines) is 1. The number of amides is 2. The van der Waals surface area contributed by atoms with Crippen LogP contribution in [-0.2, 0) is 4.79 Å². The van der Waals surface area contributed by atoms with E-state index in [0.717, 1.165) is 6.42 Å². The van der Waals surface area contributed by atoms with Crippen molar-refractivity contribution >= 4 is 29.3 Å². The number of urea groups is 1. The van der Waals surface area contributed by atoms with E-state index in [0.29, 0.717) is 61.4 Å². The van der Waals surface area contributed by atoms with E-state index in [-0.39, 0.29) is 11.9 Å². The van der Waals surface area contributed by atoms with E-state index < -0.39 is 5.97 Å². The Kier molecular flexibility index (Phi) is 4.99. The number of aliphatic carboxylic acids is 1. The second-order valence-corrected chi connectivity index (χ2v) is 6.27. The summed E-state index contributed by atoms with van der Waals surface area (Å²) in [5.74, 6) is -0.0637. The first-order chi connectivity index (χ1) is 11.5. The van der Waals surface area contributed by atoms with Gasteiger partial charge in [-0.3, -0.25) is 4.79 Å². The molecule has 2 aliphatic rings. The summed E-state index contributed by atoms with van der Waals surface area (Å²) < 4.78 is 11.1. The molecule has 2 amide bonds. The third-order valence-electron chi connectivity index (χ3n) is 4.21. The fourth-order valence-electron chi connectivity index (χ4n) is 2.80. The predicted octanol–water partition coefficient (Wildman–Crippen LogP) is 2.83. The molecule has 2 heterocycles. The molecule has 0 atom stereocenters. The number of carboxylic acid groups (broad SMARTS) is 1. The molecule has 0 spiro atoms. The quantitative estimate of drug-likeness (QED) is 0.852. The summed E-state index contributed by atoms with van der Waals surface area (Å²) >= 11 is 6.22. The number of nitrogens with zero attached hydrogens (tertiary/aromatic N) is 1. The molecule has 24 heavy (non-hydrogen) atoms. The smallest absolute Gasteiger partial charge is 0.321 e. The molecule has 8 heteroatoms. The Morgan fingerprint density at radius 1 is 1.17 bits per heavy atom. The van der Waals surface area contributed by atoms with Crippen molar-refractivity contribution in [1.29, 1.82) is 0 Å². The van der Waals surface area contributed by atoms with Crippen molar-refractivity contribution < 1.29 is 24.2 Å². The fraction of sp³-hybridized carbons (Fsp3) is 0.500. The molecule has 1 aromatic rings. The van der Waals surface area contributed by atoms with Crippen LogP contribution in [0, 0.1) is 5.92 Å². The third kappa shape index (κ3) is 3.67. The lowest BCUT2D eigenvalue weighted by atomic mass is 9.97. The van der Waals surface area contributed by atoms with Gasteiger partial charge in [-0.05, 0) is 12.8 Å². The SMILES string of the molecule is O=C(O)C1CCN(C(=O)Nc2cc3c(cc2Cl)OCCCO3)CC1. The van der Waals surface area contributed by atoms with Gasteiger partial charge in [0.05, 0.1) is 29.8 Å². The van der Waals surface area contributed by atoms with Crippen LogP contribution in [0.25, 0.3) is 0 Å². The van der Waals surface area contributed by atoms with Crippen molar-refractivity contribution in [3.8, 4) is 11.5 Å². The number of hydrogen-bond donors (Lipinski definition) is 2. The van der Waals surface area contributed by atoms with Crippen LogP contribution in [0.4, 0.5) is 10.5 Å². The Labute approximate surface area is 144 Å². The highest BCUT2D eigenvalue weighted by Gasteiger charge is 2.27. The number of nitrogens with one attached hydrogen (secondary N) is 1. The number of hydrogen-bond acceptors (Lipinski definition) is 4. The Hall–Kier alpha value is -2.15. The molecule has 0 bridgehead atoms. The minimum atomic E-state index is -0.805. The molecular weight excluding hydrogens is 336 g/mol. The summed E-state index contributed by atoms with van der Waals surface area (Å²) in [7, 11) is 0. The summed E-state index contributed by atoms with van der Waals surface area (Å²) in [6.07, 6.45) is 1.70. The van der Waals surface area contributed by atoms with Gasteiger partial charge in [0.2, 0.25) is 0 Å². The lowest BCUT2D eigenvalue weighted by Crippen LogP contribution is -2.42. The van der Waals surface area contributed by atoms with Crippen molar-refractivity contribution in [2.45, 2.75) is 19.3 Å². The summed E-state index contributed by atoms with van der Waals surface area (Å²) in [6, 6.07) is 2.99. The number of carbonyl (C=O) groups is 2. The molecule has 3 rings (SSSR count). The van der Waals surface area contributed by atoms with Crippen LogP contribution in [-0.4, -0.2) is 48.3 Å². The highest BCUT2D eigenvalue weighted by Crippen LogP contribution is 2.37. The molecule has 0 unspecified atom stereocenters. The number of benzene rings is 1. The predicted molar refractivity (Wildman–Crippen MR) is 88.0 cm³/mol. The molecule has 0 saturated carbocycles. The van der Waals surface area contributed by atoms with Crippen molar-refractivity contribution in [3.63, 3.8) is 0 Å². The number of piperidine rings is 1. The van der Waals surface area contributed by atoms with Gasteiger partial charge in [0, 0.05) is 31.6 Å². The lowest BCUT2D eigenvalue weighted by molar-refractivity contribution is -0.143. The van der Waals surface area contributed by atoms with Gasteiger partial charge in [0.1, 0.15) is 0 Å². The molecule has 1 saturated heterocycles.